The van der Waals surface area contributed by atoms with Crippen LogP contribution in [0, 0.1) is 0 Å². The van der Waals surface area contributed by atoms with Crippen LogP contribution in [0.2, 0.25) is 5.02 Å². The number of hydrogen-bond donors (Lipinski definition) is 1. The lowest BCUT2D eigenvalue weighted by Crippen LogP contribution is -2.18. The molecular formula is C20H23ClN2O4. The maximum atomic E-state index is 12.2. The molecule has 27 heavy (non-hydrogen) atoms. The van der Waals surface area contributed by atoms with Crippen LogP contribution < -0.4 is 19.6 Å². The van der Waals surface area contributed by atoms with Crippen molar-refractivity contribution in [2.45, 2.75) is 26.4 Å². The van der Waals surface area contributed by atoms with E-state index in [9.17, 15) is 4.79 Å². The number of amides is 1. The van der Waals surface area contributed by atoms with Gasteiger partial charge in [0.1, 0.15) is 5.75 Å². The summed E-state index contributed by atoms with van der Waals surface area (Å²) in [5.74, 6) is 1.09. The Morgan fingerprint density at radius 2 is 1.93 bits per heavy atom. The van der Waals surface area contributed by atoms with E-state index >= 15 is 0 Å². The molecule has 0 saturated heterocycles. The first kappa shape index (κ1) is 20.6. The van der Waals surface area contributed by atoms with E-state index in [0.29, 0.717) is 33.4 Å². The summed E-state index contributed by atoms with van der Waals surface area (Å²) in [5.41, 5.74) is 3.52. The number of hydrazone groups is 1. The first-order chi connectivity index (χ1) is 13.0. The standard InChI is InChI=1S/C20H23ClN2O4/c1-5-13(2)27-19-16(21)10-14(11-18(19)26-4)12-22-23-20(24)15-8-6-7-9-17(15)25-3/h6-13H,5H2,1-4H3,(H,23,24)/b22-12-/t13-/m1/s1. The summed E-state index contributed by atoms with van der Waals surface area (Å²) in [5, 5.41) is 4.39. The normalized spacial score (nSPS) is 11.9. The van der Waals surface area contributed by atoms with E-state index in [4.69, 9.17) is 25.8 Å². The highest BCUT2D eigenvalue weighted by Gasteiger charge is 2.14. The minimum absolute atomic E-state index is 0.0102. The average molecular weight is 391 g/mol. The number of nitrogens with zero attached hydrogens (tertiary/aromatic N) is 1. The molecule has 0 aliphatic heterocycles. The zero-order valence-corrected chi connectivity index (χ0v) is 16.5. The van der Waals surface area contributed by atoms with Gasteiger partial charge in [-0.05, 0) is 43.2 Å². The molecule has 1 atom stereocenters. The van der Waals surface area contributed by atoms with E-state index in [0.717, 1.165) is 6.42 Å². The number of para-hydroxylation sites is 1. The second-order valence-corrected chi connectivity index (χ2v) is 6.18. The lowest BCUT2D eigenvalue weighted by atomic mass is 10.2. The van der Waals surface area contributed by atoms with Gasteiger partial charge in [-0.25, -0.2) is 5.43 Å². The van der Waals surface area contributed by atoms with Gasteiger partial charge in [0, 0.05) is 0 Å². The van der Waals surface area contributed by atoms with E-state index < -0.39 is 0 Å². The molecule has 0 bridgehead atoms. The number of halogens is 1. The molecular weight excluding hydrogens is 368 g/mol. The van der Waals surface area contributed by atoms with Crippen molar-refractivity contribution in [1.82, 2.24) is 5.43 Å². The van der Waals surface area contributed by atoms with E-state index in [1.165, 1.54) is 13.3 Å². The summed E-state index contributed by atoms with van der Waals surface area (Å²) in [6, 6.07) is 10.3. The predicted molar refractivity (Wildman–Crippen MR) is 106 cm³/mol. The quantitative estimate of drug-likeness (QED) is 0.539. The molecule has 0 spiro atoms. The highest BCUT2D eigenvalue weighted by atomic mass is 35.5. The van der Waals surface area contributed by atoms with Crippen LogP contribution in [0.1, 0.15) is 36.2 Å². The van der Waals surface area contributed by atoms with Crippen LogP contribution in [0.4, 0.5) is 0 Å². The summed E-state index contributed by atoms with van der Waals surface area (Å²) >= 11 is 6.32. The van der Waals surface area contributed by atoms with Crippen molar-refractivity contribution in [3.05, 3.63) is 52.5 Å². The van der Waals surface area contributed by atoms with Gasteiger partial charge in [-0.1, -0.05) is 30.7 Å². The minimum atomic E-state index is -0.376. The van der Waals surface area contributed by atoms with Crippen LogP contribution in [0.15, 0.2) is 41.5 Å². The lowest BCUT2D eigenvalue weighted by molar-refractivity contribution is 0.0952. The third-order valence-electron chi connectivity index (χ3n) is 3.88. The summed E-state index contributed by atoms with van der Waals surface area (Å²) in [6.45, 7) is 3.98. The lowest BCUT2D eigenvalue weighted by Gasteiger charge is -2.17. The fourth-order valence-electron chi connectivity index (χ4n) is 2.27. The van der Waals surface area contributed by atoms with Gasteiger partial charge in [0.25, 0.3) is 5.91 Å². The Bertz CT molecular complexity index is 824. The highest BCUT2D eigenvalue weighted by Crippen LogP contribution is 2.37. The smallest absolute Gasteiger partial charge is 0.275 e. The fraction of sp³-hybridized carbons (Fsp3) is 0.300. The van der Waals surface area contributed by atoms with Crippen LogP contribution in [0.25, 0.3) is 0 Å². The Morgan fingerprint density at radius 3 is 2.59 bits per heavy atom. The summed E-state index contributed by atoms with van der Waals surface area (Å²) in [4.78, 5) is 12.2. The molecule has 0 saturated carbocycles. The molecule has 2 rings (SSSR count). The van der Waals surface area contributed by atoms with Crippen molar-refractivity contribution >= 4 is 23.7 Å². The number of methoxy groups -OCH3 is 2. The van der Waals surface area contributed by atoms with Crippen LogP contribution in [0.5, 0.6) is 17.2 Å². The fourth-order valence-corrected chi connectivity index (χ4v) is 2.53. The van der Waals surface area contributed by atoms with Gasteiger partial charge in [0.2, 0.25) is 0 Å². The zero-order chi connectivity index (χ0) is 19.8. The van der Waals surface area contributed by atoms with Crippen LogP contribution >= 0.6 is 11.6 Å². The molecule has 0 radical (unpaired) electrons. The third-order valence-corrected chi connectivity index (χ3v) is 4.16. The topological polar surface area (TPSA) is 69.2 Å². The molecule has 144 valence electrons. The second-order valence-electron chi connectivity index (χ2n) is 5.77. The Hall–Kier alpha value is -2.73. The van der Waals surface area contributed by atoms with Crippen molar-refractivity contribution in [2.24, 2.45) is 5.10 Å². The first-order valence-corrected chi connectivity index (χ1v) is 8.88. The van der Waals surface area contributed by atoms with Crippen LogP contribution in [-0.2, 0) is 0 Å². The number of ether oxygens (including phenoxy) is 3. The Labute approximate surface area is 164 Å². The van der Waals surface area contributed by atoms with Crippen LogP contribution in [0.3, 0.4) is 0 Å². The molecule has 7 heteroatoms. The minimum Gasteiger partial charge on any atom is -0.496 e. The predicted octanol–water partition coefficient (Wildman–Crippen LogP) is 4.30. The molecule has 0 fully saturated rings. The molecule has 0 aliphatic carbocycles. The molecule has 2 aromatic carbocycles. The van der Waals surface area contributed by atoms with Gasteiger partial charge in [0.15, 0.2) is 11.5 Å². The van der Waals surface area contributed by atoms with Gasteiger partial charge in [0.05, 0.1) is 37.1 Å². The highest BCUT2D eigenvalue weighted by molar-refractivity contribution is 6.32. The summed E-state index contributed by atoms with van der Waals surface area (Å²) in [6.07, 6.45) is 2.34. The molecule has 2 aromatic rings. The Balaban J connectivity index is 2.15. The molecule has 6 nitrogen and oxygen atoms in total. The van der Waals surface area contributed by atoms with Gasteiger partial charge in [-0.15, -0.1) is 0 Å². The van der Waals surface area contributed by atoms with Crippen LogP contribution in [-0.4, -0.2) is 32.4 Å². The third kappa shape index (κ3) is 5.37. The molecule has 0 unspecified atom stereocenters. The first-order valence-electron chi connectivity index (χ1n) is 8.50. The number of hydrogen-bond acceptors (Lipinski definition) is 5. The van der Waals surface area contributed by atoms with E-state index in [-0.39, 0.29) is 12.0 Å². The van der Waals surface area contributed by atoms with Crippen molar-refractivity contribution in [3.8, 4) is 17.2 Å². The molecule has 0 aliphatic rings. The van der Waals surface area contributed by atoms with Crippen molar-refractivity contribution in [2.75, 3.05) is 14.2 Å². The van der Waals surface area contributed by atoms with Gasteiger partial charge in [-0.3, -0.25) is 4.79 Å². The number of carbonyl (C=O) groups is 1. The van der Waals surface area contributed by atoms with E-state index in [1.54, 1.807) is 43.5 Å². The van der Waals surface area contributed by atoms with Gasteiger partial charge >= 0.3 is 0 Å². The largest absolute Gasteiger partial charge is 0.496 e. The molecule has 0 aromatic heterocycles. The average Bonchev–Trinajstić information content (AvgIpc) is 2.69. The van der Waals surface area contributed by atoms with Gasteiger partial charge in [-0.2, -0.15) is 5.10 Å². The van der Waals surface area contributed by atoms with Gasteiger partial charge < -0.3 is 14.2 Å². The SMILES string of the molecule is CC[C@@H](C)Oc1c(Cl)cc(/C=N\NC(=O)c2ccccc2OC)cc1OC. The Morgan fingerprint density at radius 1 is 1.22 bits per heavy atom. The maximum Gasteiger partial charge on any atom is 0.275 e. The Kier molecular flexibility index (Phi) is 7.49. The molecule has 1 amide bonds. The van der Waals surface area contributed by atoms with E-state index in [1.807, 2.05) is 13.8 Å². The second kappa shape index (κ2) is 9.83. The molecule has 0 heterocycles. The number of benzene rings is 2. The monoisotopic (exact) mass is 390 g/mol. The van der Waals surface area contributed by atoms with E-state index in [2.05, 4.69) is 10.5 Å². The summed E-state index contributed by atoms with van der Waals surface area (Å²) < 4.78 is 16.3. The molecule has 1 N–H and O–H groups in total. The van der Waals surface area contributed by atoms with Crippen molar-refractivity contribution < 1.29 is 19.0 Å². The summed E-state index contributed by atoms with van der Waals surface area (Å²) in [7, 11) is 3.05. The zero-order valence-electron chi connectivity index (χ0n) is 15.8. The number of nitrogens with one attached hydrogen (secondary N) is 1. The van der Waals surface area contributed by atoms with Crippen molar-refractivity contribution in [1.29, 1.82) is 0 Å². The van der Waals surface area contributed by atoms with Crippen molar-refractivity contribution in [3.63, 3.8) is 0 Å². The number of carbonyl (C=O) groups excluding carboxylic acids is 1. The number of rotatable bonds is 8. The maximum absolute atomic E-state index is 12.2.